The topological polar surface area (TPSA) is 70.7 Å². The van der Waals surface area contributed by atoms with Gasteiger partial charge >= 0.3 is 0 Å². The van der Waals surface area contributed by atoms with Gasteiger partial charge in [-0.15, -0.1) is 0 Å². The summed E-state index contributed by atoms with van der Waals surface area (Å²) in [4.78, 5) is 27.4. The van der Waals surface area contributed by atoms with Crippen LogP contribution < -0.4 is 10.6 Å². The monoisotopic (exact) mass is 401 g/mol. The van der Waals surface area contributed by atoms with Crippen LogP contribution in [0.15, 0.2) is 30.3 Å². The van der Waals surface area contributed by atoms with E-state index in [9.17, 15) is 9.59 Å². The van der Waals surface area contributed by atoms with E-state index < -0.39 is 0 Å². The molecule has 1 atom stereocenters. The highest BCUT2D eigenvalue weighted by molar-refractivity contribution is 5.88. The van der Waals surface area contributed by atoms with Crippen LogP contribution in [0.2, 0.25) is 0 Å². The first-order valence-electron chi connectivity index (χ1n) is 10.9. The van der Waals surface area contributed by atoms with Gasteiger partial charge in [-0.25, -0.2) is 0 Å². The summed E-state index contributed by atoms with van der Waals surface area (Å²) in [7, 11) is 0. The Kier molecular flexibility index (Phi) is 7.67. The molecule has 1 aromatic rings. The Morgan fingerprint density at radius 3 is 2.69 bits per heavy atom. The molecule has 0 radical (unpaired) electrons. The van der Waals surface area contributed by atoms with Gasteiger partial charge in [0.25, 0.3) is 0 Å². The van der Waals surface area contributed by atoms with Crippen LogP contribution in [0.1, 0.15) is 45.1 Å². The normalized spacial score (nSPS) is 22.3. The molecule has 3 rings (SSSR count). The SMILES string of the molecule is CC(C)CCN1CCNC(=O)C1CC(=O)NCC1(c2ccccc2)CCOCC1. The second kappa shape index (κ2) is 10.2. The fourth-order valence-corrected chi connectivity index (χ4v) is 4.31. The summed E-state index contributed by atoms with van der Waals surface area (Å²) in [6.45, 7) is 8.69. The molecule has 2 amide bonds. The molecule has 29 heavy (non-hydrogen) atoms. The molecule has 2 aliphatic heterocycles. The number of benzene rings is 1. The second-order valence-corrected chi connectivity index (χ2v) is 8.76. The minimum absolute atomic E-state index is 0.0287. The highest BCUT2D eigenvalue weighted by atomic mass is 16.5. The molecule has 1 aromatic carbocycles. The number of hydrogen-bond acceptors (Lipinski definition) is 4. The quantitative estimate of drug-likeness (QED) is 0.700. The molecule has 0 bridgehead atoms. The summed E-state index contributed by atoms with van der Waals surface area (Å²) in [5, 5.41) is 6.06. The van der Waals surface area contributed by atoms with E-state index >= 15 is 0 Å². The molecular formula is C23H35N3O3. The first kappa shape index (κ1) is 21.8. The van der Waals surface area contributed by atoms with Gasteiger partial charge in [-0.1, -0.05) is 44.2 Å². The number of amides is 2. The standard InChI is InChI=1S/C23H35N3O3/c1-18(2)8-12-26-13-11-24-22(28)20(26)16-21(27)25-17-23(9-14-29-15-10-23)19-6-4-3-5-7-19/h3-7,18,20H,8-17H2,1-2H3,(H,24,28)(H,25,27). The zero-order chi connectivity index (χ0) is 20.7. The Balaban J connectivity index is 1.61. The Labute approximate surface area is 174 Å². The van der Waals surface area contributed by atoms with E-state index in [0.29, 0.717) is 32.2 Å². The van der Waals surface area contributed by atoms with Gasteiger partial charge in [0.05, 0.1) is 12.5 Å². The lowest BCUT2D eigenvalue weighted by Crippen LogP contribution is -2.57. The molecule has 2 fully saturated rings. The van der Waals surface area contributed by atoms with Crippen molar-refractivity contribution in [1.29, 1.82) is 0 Å². The summed E-state index contributed by atoms with van der Waals surface area (Å²) < 4.78 is 5.58. The maximum atomic E-state index is 12.8. The van der Waals surface area contributed by atoms with Gasteiger partial charge < -0.3 is 15.4 Å². The van der Waals surface area contributed by atoms with Crippen LogP contribution in [-0.4, -0.2) is 62.1 Å². The van der Waals surface area contributed by atoms with Crippen molar-refractivity contribution in [1.82, 2.24) is 15.5 Å². The summed E-state index contributed by atoms with van der Waals surface area (Å²) in [5.74, 6) is 0.496. The molecule has 0 spiro atoms. The van der Waals surface area contributed by atoms with Crippen molar-refractivity contribution >= 4 is 11.8 Å². The lowest BCUT2D eigenvalue weighted by Gasteiger charge is -2.38. The van der Waals surface area contributed by atoms with Gasteiger partial charge in [0.2, 0.25) is 11.8 Å². The van der Waals surface area contributed by atoms with Crippen molar-refractivity contribution in [2.45, 2.75) is 51.0 Å². The van der Waals surface area contributed by atoms with E-state index in [4.69, 9.17) is 4.74 Å². The first-order chi connectivity index (χ1) is 14.0. The largest absolute Gasteiger partial charge is 0.381 e. The zero-order valence-electron chi connectivity index (χ0n) is 17.8. The third kappa shape index (κ3) is 5.80. The third-order valence-electron chi connectivity index (χ3n) is 6.27. The number of hydrogen-bond donors (Lipinski definition) is 2. The molecular weight excluding hydrogens is 366 g/mol. The Hall–Kier alpha value is -1.92. The molecule has 2 aliphatic rings. The number of ether oxygens (including phenoxy) is 1. The summed E-state index contributed by atoms with van der Waals surface area (Å²) in [5.41, 5.74) is 1.15. The molecule has 0 aliphatic carbocycles. The van der Waals surface area contributed by atoms with Crippen molar-refractivity contribution in [3.63, 3.8) is 0 Å². The van der Waals surface area contributed by atoms with Gasteiger partial charge in [0, 0.05) is 38.3 Å². The van der Waals surface area contributed by atoms with Gasteiger partial charge in [-0.2, -0.15) is 0 Å². The van der Waals surface area contributed by atoms with Crippen LogP contribution in [0, 0.1) is 5.92 Å². The highest BCUT2D eigenvalue weighted by Crippen LogP contribution is 2.34. The molecule has 6 heteroatoms. The van der Waals surface area contributed by atoms with Crippen molar-refractivity contribution in [3.8, 4) is 0 Å². The number of carbonyl (C=O) groups excluding carboxylic acids is 2. The number of nitrogens with zero attached hydrogens (tertiary/aromatic N) is 1. The second-order valence-electron chi connectivity index (χ2n) is 8.76. The number of carbonyl (C=O) groups is 2. The Bertz CT molecular complexity index is 671. The smallest absolute Gasteiger partial charge is 0.237 e. The third-order valence-corrected chi connectivity index (χ3v) is 6.27. The molecule has 1 unspecified atom stereocenters. The van der Waals surface area contributed by atoms with Crippen LogP contribution >= 0.6 is 0 Å². The van der Waals surface area contributed by atoms with Gasteiger partial charge in [-0.3, -0.25) is 14.5 Å². The van der Waals surface area contributed by atoms with Crippen LogP contribution in [-0.2, 0) is 19.7 Å². The molecule has 2 heterocycles. The fraction of sp³-hybridized carbons (Fsp3) is 0.652. The van der Waals surface area contributed by atoms with Crippen LogP contribution in [0.3, 0.4) is 0 Å². The van der Waals surface area contributed by atoms with Gasteiger partial charge in [0.1, 0.15) is 0 Å². The molecule has 0 saturated carbocycles. The van der Waals surface area contributed by atoms with E-state index in [-0.39, 0.29) is 29.7 Å². The summed E-state index contributed by atoms with van der Waals surface area (Å²) in [6, 6.07) is 10.0. The Morgan fingerprint density at radius 1 is 1.28 bits per heavy atom. The number of rotatable bonds is 8. The van der Waals surface area contributed by atoms with Crippen molar-refractivity contribution in [2.24, 2.45) is 5.92 Å². The van der Waals surface area contributed by atoms with E-state index in [1.165, 1.54) is 5.56 Å². The first-order valence-corrected chi connectivity index (χ1v) is 10.9. The molecule has 2 N–H and O–H groups in total. The summed E-state index contributed by atoms with van der Waals surface area (Å²) in [6.07, 6.45) is 3.03. The summed E-state index contributed by atoms with van der Waals surface area (Å²) >= 11 is 0. The fourth-order valence-electron chi connectivity index (χ4n) is 4.31. The zero-order valence-corrected chi connectivity index (χ0v) is 17.8. The number of piperazine rings is 1. The molecule has 6 nitrogen and oxygen atoms in total. The predicted molar refractivity (Wildman–Crippen MR) is 114 cm³/mol. The Morgan fingerprint density at radius 2 is 2.00 bits per heavy atom. The van der Waals surface area contributed by atoms with Crippen molar-refractivity contribution < 1.29 is 14.3 Å². The lowest BCUT2D eigenvalue weighted by molar-refractivity contribution is -0.134. The minimum Gasteiger partial charge on any atom is -0.381 e. The lowest BCUT2D eigenvalue weighted by atomic mass is 9.74. The van der Waals surface area contributed by atoms with E-state index in [0.717, 1.165) is 32.4 Å². The molecule has 2 saturated heterocycles. The van der Waals surface area contributed by atoms with Crippen LogP contribution in [0.4, 0.5) is 0 Å². The predicted octanol–water partition coefficient (Wildman–Crippen LogP) is 2.09. The number of nitrogens with one attached hydrogen (secondary N) is 2. The van der Waals surface area contributed by atoms with Crippen LogP contribution in [0.25, 0.3) is 0 Å². The van der Waals surface area contributed by atoms with Crippen LogP contribution in [0.5, 0.6) is 0 Å². The van der Waals surface area contributed by atoms with E-state index in [2.05, 4.69) is 41.5 Å². The highest BCUT2D eigenvalue weighted by Gasteiger charge is 2.36. The molecule has 160 valence electrons. The van der Waals surface area contributed by atoms with Gasteiger partial charge in [-0.05, 0) is 37.3 Å². The van der Waals surface area contributed by atoms with E-state index in [1.54, 1.807) is 0 Å². The van der Waals surface area contributed by atoms with Crippen molar-refractivity contribution in [2.75, 3.05) is 39.4 Å². The van der Waals surface area contributed by atoms with Gasteiger partial charge in [0.15, 0.2) is 0 Å². The average molecular weight is 402 g/mol. The minimum atomic E-state index is -0.370. The molecule has 0 aromatic heterocycles. The maximum Gasteiger partial charge on any atom is 0.237 e. The van der Waals surface area contributed by atoms with Crippen molar-refractivity contribution in [3.05, 3.63) is 35.9 Å². The van der Waals surface area contributed by atoms with E-state index in [1.807, 2.05) is 18.2 Å². The average Bonchev–Trinajstić information content (AvgIpc) is 2.74. The maximum absolute atomic E-state index is 12.8.